The lowest BCUT2D eigenvalue weighted by Gasteiger charge is -2.55. The molecule has 2 saturated heterocycles. The molecule has 1 spiro atoms. The van der Waals surface area contributed by atoms with Gasteiger partial charge in [0.1, 0.15) is 5.60 Å². The molecule has 1 atom stereocenters. The third kappa shape index (κ3) is 3.83. The van der Waals surface area contributed by atoms with Gasteiger partial charge in [0.15, 0.2) is 0 Å². The summed E-state index contributed by atoms with van der Waals surface area (Å²) in [4.78, 5) is 45.8. The summed E-state index contributed by atoms with van der Waals surface area (Å²) in [5.41, 5.74) is 2.64. The molecule has 3 aliphatic rings. The average Bonchev–Trinajstić information content (AvgIpc) is 3.19. The molecule has 2 N–H and O–H groups in total. The molecule has 4 heterocycles. The number of amides is 3. The number of fused-ring (bicyclic) bond motifs is 5. The van der Waals surface area contributed by atoms with Crippen LogP contribution in [0, 0.1) is 0 Å². The summed E-state index contributed by atoms with van der Waals surface area (Å²) in [7, 11) is 0. The van der Waals surface area contributed by atoms with Gasteiger partial charge >= 0.3 is 0 Å². The Balaban J connectivity index is 1.40. The summed E-state index contributed by atoms with van der Waals surface area (Å²) in [6, 6.07) is 12.2. The molecule has 1 aromatic heterocycles. The molecule has 2 aromatic carbocycles. The number of rotatable bonds is 1. The number of imidazole rings is 1. The maximum absolute atomic E-state index is 13.5. The number of ether oxygens (including phenoxy) is 1. The van der Waals surface area contributed by atoms with Crippen molar-refractivity contribution in [3.8, 4) is 0 Å². The predicted molar refractivity (Wildman–Crippen MR) is 134 cm³/mol. The quantitative estimate of drug-likeness (QED) is 0.548. The number of anilines is 1. The Morgan fingerprint density at radius 2 is 1.83 bits per heavy atom. The first-order valence-corrected chi connectivity index (χ1v) is 12.6. The molecule has 3 aliphatic heterocycles. The van der Waals surface area contributed by atoms with E-state index >= 15 is 0 Å². The Bertz CT molecular complexity index is 1370. The van der Waals surface area contributed by atoms with E-state index in [9.17, 15) is 14.4 Å². The number of carbonyl (C=O) groups is 3. The molecular formula is C27H29N5O4. The fourth-order valence-corrected chi connectivity index (χ4v) is 5.42. The molecular weight excluding hydrogens is 458 g/mol. The van der Waals surface area contributed by atoms with E-state index in [-0.39, 0.29) is 29.4 Å². The van der Waals surface area contributed by atoms with Gasteiger partial charge in [-0.25, -0.2) is 4.98 Å². The maximum Gasteiger partial charge on any atom is 0.257 e. The van der Waals surface area contributed by atoms with Crippen LogP contribution in [-0.2, 0) is 4.74 Å². The number of benzene rings is 2. The van der Waals surface area contributed by atoms with E-state index in [1.165, 1.54) is 0 Å². The summed E-state index contributed by atoms with van der Waals surface area (Å²) in [5, 5.41) is 5.88. The van der Waals surface area contributed by atoms with Crippen LogP contribution in [0.3, 0.4) is 0 Å². The van der Waals surface area contributed by atoms with Crippen molar-refractivity contribution in [2.24, 2.45) is 0 Å². The summed E-state index contributed by atoms with van der Waals surface area (Å²) < 4.78 is 7.69. The zero-order valence-electron chi connectivity index (χ0n) is 20.3. The largest absolute Gasteiger partial charge is 0.371 e. The maximum atomic E-state index is 13.5. The van der Waals surface area contributed by atoms with Crippen molar-refractivity contribution >= 4 is 34.7 Å². The molecule has 2 fully saturated rings. The number of hydrogen-bond donors (Lipinski definition) is 2. The first-order valence-electron chi connectivity index (χ1n) is 12.6. The number of likely N-dealkylation sites (tertiary alicyclic amines) is 1. The Morgan fingerprint density at radius 3 is 2.58 bits per heavy atom. The number of hydrogen-bond acceptors (Lipinski definition) is 5. The van der Waals surface area contributed by atoms with Gasteiger partial charge < -0.3 is 19.5 Å². The normalized spacial score (nSPS) is 21.6. The standard InChI is InChI=1S/C27H29N5O4/c1-17-6-2-3-12-28-23(33)18-7-4-8-19(14-18)24(34)30-26-29-21-10-5-9-20(22(21)32(17)26)25(35)31-15-27(16-31)11-13-36-27/h4-5,7-10,14,17H,2-3,6,11-13,15-16H2,1H3,(H,28,33)(H,29,30,34)/t17-/m0/s1. The minimum atomic E-state index is -0.356. The lowest BCUT2D eigenvalue weighted by atomic mass is 9.85. The highest BCUT2D eigenvalue weighted by Crippen LogP contribution is 2.38. The van der Waals surface area contributed by atoms with Crippen molar-refractivity contribution in [3.05, 3.63) is 59.2 Å². The van der Waals surface area contributed by atoms with Crippen molar-refractivity contribution in [2.75, 3.05) is 31.6 Å². The SMILES string of the molecule is C[C@H]1CCCCNC(=O)c2cccc(c2)C(=O)Nc2nc3cccc(C(=O)N4CC5(CCO5)C4)c3n21. The van der Waals surface area contributed by atoms with Gasteiger partial charge in [-0.1, -0.05) is 12.1 Å². The highest BCUT2D eigenvalue weighted by atomic mass is 16.5. The van der Waals surface area contributed by atoms with Gasteiger partial charge in [0.25, 0.3) is 17.7 Å². The third-order valence-corrected chi connectivity index (χ3v) is 7.54. The van der Waals surface area contributed by atoms with Crippen molar-refractivity contribution in [1.82, 2.24) is 19.8 Å². The molecule has 0 aliphatic carbocycles. The first-order chi connectivity index (χ1) is 17.4. The Morgan fingerprint density at radius 1 is 1.08 bits per heavy atom. The molecule has 9 heteroatoms. The number of nitrogens with zero attached hydrogens (tertiary/aromatic N) is 3. The number of para-hydroxylation sites is 1. The lowest BCUT2D eigenvalue weighted by Crippen LogP contribution is -2.69. The molecule has 3 amide bonds. The van der Waals surface area contributed by atoms with Gasteiger partial charge in [0.05, 0.1) is 36.3 Å². The van der Waals surface area contributed by atoms with E-state index < -0.39 is 0 Å². The molecule has 0 unspecified atom stereocenters. The van der Waals surface area contributed by atoms with E-state index in [1.807, 2.05) is 27.7 Å². The average molecular weight is 488 g/mol. The second kappa shape index (κ2) is 8.74. The molecule has 0 saturated carbocycles. The van der Waals surface area contributed by atoms with Crippen LogP contribution in [0.4, 0.5) is 5.95 Å². The molecule has 0 radical (unpaired) electrons. The minimum Gasteiger partial charge on any atom is -0.371 e. The van der Waals surface area contributed by atoms with Crippen molar-refractivity contribution in [3.63, 3.8) is 0 Å². The highest BCUT2D eigenvalue weighted by Gasteiger charge is 2.51. The van der Waals surface area contributed by atoms with Crippen LogP contribution >= 0.6 is 0 Å². The number of aromatic nitrogens is 2. The Kier molecular flexibility index (Phi) is 5.52. The van der Waals surface area contributed by atoms with Crippen molar-refractivity contribution < 1.29 is 19.1 Å². The van der Waals surface area contributed by atoms with Crippen LogP contribution in [0.1, 0.15) is 69.7 Å². The smallest absolute Gasteiger partial charge is 0.257 e. The fraction of sp³-hybridized carbons (Fsp3) is 0.407. The van der Waals surface area contributed by atoms with Gasteiger partial charge in [0.2, 0.25) is 5.95 Å². The summed E-state index contributed by atoms with van der Waals surface area (Å²) >= 11 is 0. The second-order valence-electron chi connectivity index (χ2n) is 10.1. The molecule has 3 aromatic rings. The summed E-state index contributed by atoms with van der Waals surface area (Å²) in [6.45, 7) is 4.61. The van der Waals surface area contributed by atoms with Gasteiger partial charge in [-0.3, -0.25) is 19.7 Å². The predicted octanol–water partition coefficient (Wildman–Crippen LogP) is 3.38. The first kappa shape index (κ1) is 22.7. The molecule has 9 nitrogen and oxygen atoms in total. The highest BCUT2D eigenvalue weighted by molar-refractivity contribution is 6.08. The molecule has 2 bridgehead atoms. The monoisotopic (exact) mass is 487 g/mol. The number of nitrogens with one attached hydrogen (secondary N) is 2. The van der Waals surface area contributed by atoms with Crippen LogP contribution in [0.5, 0.6) is 0 Å². The van der Waals surface area contributed by atoms with Gasteiger partial charge in [0, 0.05) is 30.1 Å². The fourth-order valence-electron chi connectivity index (χ4n) is 5.42. The van der Waals surface area contributed by atoms with E-state index in [2.05, 4.69) is 17.6 Å². The van der Waals surface area contributed by atoms with Crippen molar-refractivity contribution in [1.29, 1.82) is 0 Å². The Labute approximate surface area is 208 Å². The summed E-state index contributed by atoms with van der Waals surface area (Å²) in [6.07, 6.45) is 3.49. The number of carbonyl (C=O) groups excluding carboxylic acids is 3. The summed E-state index contributed by atoms with van der Waals surface area (Å²) in [5.74, 6) is -0.190. The van der Waals surface area contributed by atoms with E-state index in [0.717, 1.165) is 37.8 Å². The van der Waals surface area contributed by atoms with Gasteiger partial charge in [-0.2, -0.15) is 0 Å². The lowest BCUT2D eigenvalue weighted by molar-refractivity contribution is -0.209. The Hall–Kier alpha value is -3.72. The molecule has 36 heavy (non-hydrogen) atoms. The van der Waals surface area contributed by atoms with E-state index in [4.69, 9.17) is 9.72 Å². The van der Waals surface area contributed by atoms with Crippen LogP contribution < -0.4 is 10.6 Å². The minimum absolute atomic E-state index is 0.0260. The zero-order valence-corrected chi connectivity index (χ0v) is 20.3. The third-order valence-electron chi connectivity index (χ3n) is 7.54. The van der Waals surface area contributed by atoms with Crippen LogP contribution in [0.15, 0.2) is 42.5 Å². The van der Waals surface area contributed by atoms with Crippen LogP contribution in [-0.4, -0.2) is 64.0 Å². The molecule has 186 valence electrons. The van der Waals surface area contributed by atoms with Gasteiger partial charge in [-0.05, 0) is 56.5 Å². The van der Waals surface area contributed by atoms with Gasteiger partial charge in [-0.15, -0.1) is 0 Å². The molecule has 6 rings (SSSR count). The van der Waals surface area contributed by atoms with Crippen LogP contribution in [0.25, 0.3) is 11.0 Å². The zero-order chi connectivity index (χ0) is 24.9. The van der Waals surface area contributed by atoms with Crippen LogP contribution in [0.2, 0.25) is 0 Å². The van der Waals surface area contributed by atoms with E-state index in [1.54, 1.807) is 24.3 Å². The van der Waals surface area contributed by atoms with Crippen molar-refractivity contribution in [2.45, 2.75) is 44.2 Å². The second-order valence-corrected chi connectivity index (χ2v) is 10.1. The van der Waals surface area contributed by atoms with E-state index in [0.29, 0.717) is 47.8 Å². The topological polar surface area (TPSA) is 106 Å².